The molecule has 0 aromatic carbocycles. The van der Waals surface area contributed by atoms with Gasteiger partial charge in [-0.1, -0.05) is 0 Å². The van der Waals surface area contributed by atoms with E-state index in [9.17, 15) is 4.79 Å². The molecule has 0 aliphatic rings. The van der Waals surface area contributed by atoms with Gasteiger partial charge in [0.2, 0.25) is 5.91 Å². The molecule has 4 heteroatoms. The normalized spacial score (nSPS) is 11.9. The van der Waals surface area contributed by atoms with E-state index in [0.29, 0.717) is 19.7 Å². The van der Waals surface area contributed by atoms with Crippen LogP contribution >= 0.6 is 0 Å². The van der Waals surface area contributed by atoms with Gasteiger partial charge in [-0.15, -0.1) is 0 Å². The van der Waals surface area contributed by atoms with E-state index in [4.69, 9.17) is 4.74 Å². The van der Waals surface area contributed by atoms with Gasteiger partial charge in [0, 0.05) is 19.1 Å². The lowest BCUT2D eigenvalue weighted by Gasteiger charge is -2.23. The van der Waals surface area contributed by atoms with Gasteiger partial charge < -0.3 is 15.0 Å². The molecule has 96 valence electrons. The van der Waals surface area contributed by atoms with Crippen LogP contribution in [0.4, 0.5) is 0 Å². The van der Waals surface area contributed by atoms with Gasteiger partial charge in [0.25, 0.3) is 0 Å². The number of ether oxygens (including phenoxy) is 1. The lowest BCUT2D eigenvalue weighted by Crippen LogP contribution is -2.44. The van der Waals surface area contributed by atoms with E-state index in [0.717, 1.165) is 0 Å². The van der Waals surface area contributed by atoms with Crippen molar-refractivity contribution in [3.63, 3.8) is 0 Å². The summed E-state index contributed by atoms with van der Waals surface area (Å²) in [5.74, 6) is 0.0993. The molecule has 0 aromatic rings. The third kappa shape index (κ3) is 8.68. The maximum absolute atomic E-state index is 11.7. The second-order valence-electron chi connectivity index (χ2n) is 5.34. The van der Waals surface area contributed by atoms with E-state index in [1.54, 1.807) is 11.9 Å². The number of rotatable bonds is 6. The molecule has 0 aromatic heterocycles. The van der Waals surface area contributed by atoms with Crippen molar-refractivity contribution >= 4 is 5.91 Å². The summed E-state index contributed by atoms with van der Waals surface area (Å²) in [6.45, 7) is 11.7. The van der Waals surface area contributed by atoms with Crippen LogP contribution in [-0.4, -0.2) is 49.2 Å². The second kappa shape index (κ2) is 6.86. The predicted molar refractivity (Wildman–Crippen MR) is 66.5 cm³/mol. The lowest BCUT2D eigenvalue weighted by atomic mass is 10.1. The number of likely N-dealkylation sites (N-methyl/N-ethyl adjacent to an activating group) is 1. The molecular weight excluding hydrogens is 204 g/mol. The predicted octanol–water partition coefficient (Wildman–Crippen LogP) is 1.26. The standard InChI is InChI=1S/C12H26N2O2/c1-10(2)16-8-7-14(6)11(15)9-13-12(3,4)5/h10,13H,7-9H2,1-6H3. The zero-order chi connectivity index (χ0) is 12.8. The highest BCUT2D eigenvalue weighted by molar-refractivity contribution is 5.78. The van der Waals surface area contributed by atoms with Gasteiger partial charge in [0.1, 0.15) is 0 Å². The minimum Gasteiger partial charge on any atom is -0.377 e. The fraction of sp³-hybridized carbons (Fsp3) is 0.917. The van der Waals surface area contributed by atoms with Gasteiger partial charge in [-0.2, -0.15) is 0 Å². The smallest absolute Gasteiger partial charge is 0.236 e. The summed E-state index contributed by atoms with van der Waals surface area (Å²) in [6, 6.07) is 0. The van der Waals surface area contributed by atoms with Crippen molar-refractivity contribution in [1.29, 1.82) is 0 Å². The van der Waals surface area contributed by atoms with Crippen LogP contribution in [-0.2, 0) is 9.53 Å². The molecular formula is C12H26N2O2. The third-order valence-electron chi connectivity index (χ3n) is 2.07. The Morgan fingerprint density at radius 3 is 2.38 bits per heavy atom. The van der Waals surface area contributed by atoms with Gasteiger partial charge in [-0.05, 0) is 34.6 Å². The summed E-state index contributed by atoms with van der Waals surface area (Å²) in [7, 11) is 1.80. The number of hydrogen-bond donors (Lipinski definition) is 1. The van der Waals surface area contributed by atoms with Gasteiger partial charge in [0.05, 0.1) is 19.3 Å². The lowest BCUT2D eigenvalue weighted by molar-refractivity contribution is -0.130. The molecule has 0 aliphatic carbocycles. The molecule has 0 fully saturated rings. The van der Waals surface area contributed by atoms with Crippen molar-refractivity contribution in [2.24, 2.45) is 0 Å². The number of hydrogen-bond acceptors (Lipinski definition) is 3. The Kier molecular flexibility index (Phi) is 6.60. The average Bonchev–Trinajstić information content (AvgIpc) is 2.12. The van der Waals surface area contributed by atoms with Crippen molar-refractivity contribution in [1.82, 2.24) is 10.2 Å². The average molecular weight is 230 g/mol. The zero-order valence-corrected chi connectivity index (χ0v) is 11.5. The molecule has 0 heterocycles. The van der Waals surface area contributed by atoms with Crippen molar-refractivity contribution in [3.05, 3.63) is 0 Å². The summed E-state index contributed by atoms with van der Waals surface area (Å²) in [6.07, 6.45) is 0.219. The van der Waals surface area contributed by atoms with Crippen LogP contribution in [0.25, 0.3) is 0 Å². The molecule has 0 rings (SSSR count). The van der Waals surface area contributed by atoms with E-state index >= 15 is 0 Å². The molecule has 0 radical (unpaired) electrons. The molecule has 0 atom stereocenters. The van der Waals surface area contributed by atoms with Crippen LogP contribution in [0, 0.1) is 0 Å². The first-order valence-electron chi connectivity index (χ1n) is 5.83. The van der Waals surface area contributed by atoms with Crippen LogP contribution in [0.3, 0.4) is 0 Å². The molecule has 4 nitrogen and oxygen atoms in total. The summed E-state index contributed by atoms with van der Waals surface area (Å²) in [5, 5.41) is 3.17. The minimum absolute atomic E-state index is 0.0229. The number of carbonyl (C=O) groups excluding carboxylic acids is 1. The Balaban J connectivity index is 3.74. The molecule has 0 saturated heterocycles. The Morgan fingerprint density at radius 2 is 1.94 bits per heavy atom. The Labute approximate surface area is 99.3 Å². The van der Waals surface area contributed by atoms with Crippen molar-refractivity contribution in [2.75, 3.05) is 26.7 Å². The molecule has 0 aliphatic heterocycles. The topological polar surface area (TPSA) is 41.6 Å². The van der Waals surface area contributed by atoms with Crippen molar-refractivity contribution in [2.45, 2.75) is 46.3 Å². The molecule has 0 saturated carbocycles. The highest BCUT2D eigenvalue weighted by Gasteiger charge is 2.13. The highest BCUT2D eigenvalue weighted by atomic mass is 16.5. The zero-order valence-electron chi connectivity index (χ0n) is 11.5. The van der Waals surface area contributed by atoms with E-state index in [1.807, 2.05) is 34.6 Å². The number of amides is 1. The van der Waals surface area contributed by atoms with Crippen LogP contribution in [0.5, 0.6) is 0 Å². The molecule has 1 N–H and O–H groups in total. The van der Waals surface area contributed by atoms with Crippen molar-refractivity contribution in [3.8, 4) is 0 Å². The van der Waals surface area contributed by atoms with Gasteiger partial charge in [-0.3, -0.25) is 4.79 Å². The van der Waals surface area contributed by atoms with Gasteiger partial charge in [0.15, 0.2) is 0 Å². The molecule has 1 amide bonds. The Morgan fingerprint density at radius 1 is 1.38 bits per heavy atom. The monoisotopic (exact) mass is 230 g/mol. The number of nitrogens with zero attached hydrogens (tertiary/aromatic N) is 1. The maximum Gasteiger partial charge on any atom is 0.236 e. The first kappa shape index (κ1) is 15.4. The SMILES string of the molecule is CC(C)OCCN(C)C(=O)CNC(C)(C)C. The van der Waals surface area contributed by atoms with Crippen LogP contribution in [0.1, 0.15) is 34.6 Å². The summed E-state index contributed by atoms with van der Waals surface area (Å²) in [5.41, 5.74) is -0.0229. The van der Waals surface area contributed by atoms with Gasteiger partial charge >= 0.3 is 0 Å². The van der Waals surface area contributed by atoms with E-state index in [-0.39, 0.29) is 17.6 Å². The maximum atomic E-state index is 11.7. The fourth-order valence-corrected chi connectivity index (χ4v) is 1.03. The molecule has 0 spiro atoms. The van der Waals surface area contributed by atoms with Crippen LogP contribution < -0.4 is 5.32 Å². The molecule has 0 bridgehead atoms. The molecule has 0 unspecified atom stereocenters. The van der Waals surface area contributed by atoms with Crippen molar-refractivity contribution < 1.29 is 9.53 Å². The van der Waals surface area contributed by atoms with Crippen LogP contribution in [0.2, 0.25) is 0 Å². The Hall–Kier alpha value is -0.610. The number of carbonyl (C=O) groups is 1. The summed E-state index contributed by atoms with van der Waals surface area (Å²) >= 11 is 0. The third-order valence-corrected chi connectivity index (χ3v) is 2.07. The highest BCUT2D eigenvalue weighted by Crippen LogP contribution is 1.98. The van der Waals surface area contributed by atoms with E-state index < -0.39 is 0 Å². The second-order valence-corrected chi connectivity index (χ2v) is 5.34. The first-order chi connectivity index (χ1) is 7.22. The molecule has 16 heavy (non-hydrogen) atoms. The quantitative estimate of drug-likeness (QED) is 0.747. The van der Waals surface area contributed by atoms with E-state index in [2.05, 4.69) is 5.32 Å². The van der Waals surface area contributed by atoms with E-state index in [1.165, 1.54) is 0 Å². The summed E-state index contributed by atoms with van der Waals surface area (Å²) < 4.78 is 5.39. The fourth-order valence-electron chi connectivity index (χ4n) is 1.03. The van der Waals surface area contributed by atoms with Crippen LogP contribution in [0.15, 0.2) is 0 Å². The first-order valence-corrected chi connectivity index (χ1v) is 5.83. The van der Waals surface area contributed by atoms with Gasteiger partial charge in [-0.25, -0.2) is 0 Å². The largest absolute Gasteiger partial charge is 0.377 e. The summed E-state index contributed by atoms with van der Waals surface area (Å²) in [4.78, 5) is 13.4. The number of nitrogens with one attached hydrogen (secondary N) is 1. The minimum atomic E-state index is -0.0229. The Bertz CT molecular complexity index is 210.